The summed E-state index contributed by atoms with van der Waals surface area (Å²) in [6.45, 7) is 5.46. The molecule has 1 unspecified atom stereocenters. The van der Waals surface area contributed by atoms with E-state index in [4.69, 9.17) is 14.6 Å². The molecule has 1 N–H and O–H groups in total. The largest absolute Gasteiger partial charge is 0.494 e. The molecule has 0 spiro atoms. The Morgan fingerprint density at radius 1 is 1.20 bits per heavy atom. The fourth-order valence-corrected chi connectivity index (χ4v) is 1.94. The van der Waals surface area contributed by atoms with Gasteiger partial charge in [0.1, 0.15) is 24.1 Å². The summed E-state index contributed by atoms with van der Waals surface area (Å²) in [7, 11) is 1.80. The first-order valence-corrected chi connectivity index (χ1v) is 6.87. The fourth-order valence-electron chi connectivity index (χ4n) is 1.94. The predicted octanol–water partition coefficient (Wildman–Crippen LogP) is 2.26. The van der Waals surface area contributed by atoms with Crippen LogP contribution in [0.1, 0.15) is 20.3 Å². The summed E-state index contributed by atoms with van der Waals surface area (Å²) in [5, 5.41) is 9.04. The highest BCUT2D eigenvalue weighted by atomic mass is 16.5. The number of ether oxygens (including phenoxy) is 2. The molecule has 1 aromatic rings. The monoisotopic (exact) mass is 281 g/mol. The normalized spacial score (nSPS) is 12.2. The summed E-state index contributed by atoms with van der Waals surface area (Å²) >= 11 is 0. The van der Waals surface area contributed by atoms with Crippen molar-refractivity contribution in [2.24, 2.45) is 0 Å². The van der Waals surface area contributed by atoms with Gasteiger partial charge in [0.2, 0.25) is 0 Å². The van der Waals surface area contributed by atoms with Gasteiger partial charge in [0.15, 0.2) is 0 Å². The van der Waals surface area contributed by atoms with Crippen LogP contribution < -0.4 is 9.47 Å². The second kappa shape index (κ2) is 8.43. The maximum atomic E-state index is 11.0. The summed E-state index contributed by atoms with van der Waals surface area (Å²) in [6, 6.07) is 6.95. The highest BCUT2D eigenvalue weighted by molar-refractivity contribution is 5.73. The van der Waals surface area contributed by atoms with E-state index < -0.39 is 12.0 Å². The van der Waals surface area contributed by atoms with Gasteiger partial charge in [-0.1, -0.05) is 6.92 Å². The van der Waals surface area contributed by atoms with Crippen LogP contribution in [0.15, 0.2) is 24.3 Å². The third-order valence-electron chi connectivity index (χ3n) is 3.05. The molecule has 112 valence electrons. The van der Waals surface area contributed by atoms with E-state index in [0.717, 1.165) is 11.5 Å². The van der Waals surface area contributed by atoms with Crippen molar-refractivity contribution in [3.05, 3.63) is 24.3 Å². The molecule has 0 heterocycles. The van der Waals surface area contributed by atoms with Crippen LogP contribution in [0.3, 0.4) is 0 Å². The van der Waals surface area contributed by atoms with Crippen molar-refractivity contribution in [1.29, 1.82) is 0 Å². The smallest absolute Gasteiger partial charge is 0.320 e. The van der Waals surface area contributed by atoms with Gasteiger partial charge in [-0.2, -0.15) is 0 Å². The Morgan fingerprint density at radius 3 is 2.20 bits per heavy atom. The molecule has 0 aromatic heterocycles. The fraction of sp³-hybridized carbons (Fsp3) is 0.533. The molecule has 0 fully saturated rings. The van der Waals surface area contributed by atoms with E-state index in [9.17, 15) is 4.79 Å². The third-order valence-corrected chi connectivity index (χ3v) is 3.05. The Balaban J connectivity index is 2.38. The first-order valence-electron chi connectivity index (χ1n) is 6.87. The Bertz CT molecular complexity index is 405. The molecule has 1 rings (SSSR count). The van der Waals surface area contributed by atoms with Gasteiger partial charge in [0.25, 0.3) is 0 Å². The average Bonchev–Trinajstić information content (AvgIpc) is 2.41. The van der Waals surface area contributed by atoms with Gasteiger partial charge in [-0.05, 0) is 44.7 Å². The lowest BCUT2D eigenvalue weighted by atomic mass is 10.2. The lowest BCUT2D eigenvalue weighted by Crippen LogP contribution is -2.40. The predicted molar refractivity (Wildman–Crippen MR) is 77.5 cm³/mol. The number of likely N-dealkylation sites (N-methyl/N-ethyl adjacent to an activating group) is 1. The molecule has 1 atom stereocenters. The molecule has 5 nitrogen and oxygen atoms in total. The van der Waals surface area contributed by atoms with Crippen molar-refractivity contribution in [3.63, 3.8) is 0 Å². The Labute approximate surface area is 120 Å². The Kier molecular flexibility index (Phi) is 6.87. The lowest BCUT2D eigenvalue weighted by molar-refractivity contribution is -0.143. The Hall–Kier alpha value is -1.75. The van der Waals surface area contributed by atoms with E-state index in [1.165, 1.54) is 0 Å². The van der Waals surface area contributed by atoms with Crippen molar-refractivity contribution in [2.45, 2.75) is 26.3 Å². The second-order valence-corrected chi connectivity index (χ2v) is 4.50. The molecular formula is C15H23NO4. The molecule has 0 amide bonds. The second-order valence-electron chi connectivity index (χ2n) is 4.50. The maximum Gasteiger partial charge on any atom is 0.320 e. The number of carboxylic acid groups (broad SMARTS) is 1. The van der Waals surface area contributed by atoms with Gasteiger partial charge in [0, 0.05) is 6.54 Å². The van der Waals surface area contributed by atoms with Crippen LogP contribution in [0.25, 0.3) is 0 Å². The van der Waals surface area contributed by atoms with E-state index in [1.807, 2.05) is 38.1 Å². The van der Waals surface area contributed by atoms with E-state index in [1.54, 1.807) is 11.9 Å². The molecule has 0 saturated carbocycles. The highest BCUT2D eigenvalue weighted by Crippen LogP contribution is 2.17. The third kappa shape index (κ3) is 5.09. The molecule has 20 heavy (non-hydrogen) atoms. The molecule has 0 saturated heterocycles. The number of aliphatic carboxylic acids is 1. The maximum absolute atomic E-state index is 11.0. The van der Waals surface area contributed by atoms with E-state index >= 15 is 0 Å². The molecule has 0 aliphatic carbocycles. The standard InChI is InChI=1S/C15H23NO4/c1-4-14(15(17)18)16(3)10-11-20-13-8-6-12(7-9-13)19-5-2/h6-9,14H,4-5,10-11H2,1-3H3,(H,17,18). The zero-order valence-corrected chi connectivity index (χ0v) is 12.3. The topological polar surface area (TPSA) is 59.0 Å². The van der Waals surface area contributed by atoms with Crippen molar-refractivity contribution >= 4 is 5.97 Å². The molecule has 0 aliphatic heterocycles. The van der Waals surface area contributed by atoms with E-state index in [-0.39, 0.29) is 0 Å². The zero-order valence-electron chi connectivity index (χ0n) is 12.3. The first-order chi connectivity index (χ1) is 9.58. The number of carboxylic acids is 1. The SMILES string of the molecule is CCOc1ccc(OCCN(C)C(CC)C(=O)O)cc1. The van der Waals surface area contributed by atoms with Crippen LogP contribution in [0.5, 0.6) is 11.5 Å². The Morgan fingerprint density at radius 2 is 1.75 bits per heavy atom. The number of hydrogen-bond acceptors (Lipinski definition) is 4. The van der Waals surface area contributed by atoms with Crippen LogP contribution in [-0.4, -0.2) is 48.8 Å². The summed E-state index contributed by atoms with van der Waals surface area (Å²) in [5.74, 6) is 0.773. The first kappa shape index (κ1) is 16.3. The van der Waals surface area contributed by atoms with Gasteiger partial charge >= 0.3 is 5.97 Å². The van der Waals surface area contributed by atoms with E-state index in [2.05, 4.69) is 0 Å². The average molecular weight is 281 g/mol. The number of carbonyl (C=O) groups is 1. The van der Waals surface area contributed by atoms with Crippen molar-refractivity contribution in [3.8, 4) is 11.5 Å². The molecule has 5 heteroatoms. The molecule has 0 radical (unpaired) electrons. The minimum atomic E-state index is -0.795. The quantitative estimate of drug-likeness (QED) is 0.752. The van der Waals surface area contributed by atoms with Gasteiger partial charge < -0.3 is 14.6 Å². The molecule has 1 aromatic carbocycles. The van der Waals surface area contributed by atoms with Crippen molar-refractivity contribution < 1.29 is 19.4 Å². The lowest BCUT2D eigenvalue weighted by Gasteiger charge is -2.23. The van der Waals surface area contributed by atoms with Crippen molar-refractivity contribution in [2.75, 3.05) is 26.8 Å². The summed E-state index contributed by atoms with van der Waals surface area (Å²) < 4.78 is 10.9. The van der Waals surface area contributed by atoms with Gasteiger partial charge in [0.05, 0.1) is 6.61 Å². The minimum absolute atomic E-state index is 0.453. The van der Waals surface area contributed by atoms with Crippen LogP contribution in [-0.2, 0) is 4.79 Å². The number of benzene rings is 1. The zero-order chi connectivity index (χ0) is 15.0. The van der Waals surface area contributed by atoms with Crippen molar-refractivity contribution in [1.82, 2.24) is 4.90 Å². The van der Waals surface area contributed by atoms with Gasteiger partial charge in [-0.15, -0.1) is 0 Å². The van der Waals surface area contributed by atoms with Crippen LogP contribution in [0.2, 0.25) is 0 Å². The highest BCUT2D eigenvalue weighted by Gasteiger charge is 2.19. The van der Waals surface area contributed by atoms with Gasteiger partial charge in [-0.25, -0.2) is 0 Å². The van der Waals surface area contributed by atoms with Crippen LogP contribution in [0.4, 0.5) is 0 Å². The molecular weight excluding hydrogens is 258 g/mol. The summed E-state index contributed by atoms with van der Waals surface area (Å²) in [5.41, 5.74) is 0. The molecule has 0 aliphatic rings. The van der Waals surface area contributed by atoms with Crippen LogP contribution in [0, 0.1) is 0 Å². The van der Waals surface area contributed by atoms with Gasteiger partial charge in [-0.3, -0.25) is 9.69 Å². The van der Waals surface area contributed by atoms with Crippen LogP contribution >= 0.6 is 0 Å². The minimum Gasteiger partial charge on any atom is -0.494 e. The summed E-state index contributed by atoms with van der Waals surface area (Å²) in [6.07, 6.45) is 0.578. The number of nitrogens with zero attached hydrogens (tertiary/aromatic N) is 1. The summed E-state index contributed by atoms with van der Waals surface area (Å²) in [4.78, 5) is 12.8. The number of rotatable bonds is 9. The van der Waals surface area contributed by atoms with E-state index in [0.29, 0.717) is 26.2 Å². The number of hydrogen-bond donors (Lipinski definition) is 1. The molecule has 0 bridgehead atoms.